The summed E-state index contributed by atoms with van der Waals surface area (Å²) in [5, 5.41) is 26.2. The molecule has 0 aromatic heterocycles. The summed E-state index contributed by atoms with van der Waals surface area (Å²) >= 11 is 0. The Morgan fingerprint density at radius 1 is 1.09 bits per heavy atom. The molecule has 3 aromatic carbocycles. The fraction of sp³-hybridized carbons (Fsp3) is 0.346. The molecule has 0 saturated carbocycles. The zero-order valence-corrected chi connectivity index (χ0v) is 19.1. The van der Waals surface area contributed by atoms with Crippen molar-refractivity contribution in [3.63, 3.8) is 0 Å². The average Bonchev–Trinajstić information content (AvgIpc) is 3.35. The summed E-state index contributed by atoms with van der Waals surface area (Å²) in [5.41, 5.74) is 0.394. The summed E-state index contributed by atoms with van der Waals surface area (Å²) in [7, 11) is 0. The number of aromatic hydroxyl groups is 1. The van der Waals surface area contributed by atoms with E-state index in [4.69, 9.17) is 0 Å². The maximum atomic E-state index is 12.9. The summed E-state index contributed by atoms with van der Waals surface area (Å²) in [5.74, 6) is -0.586. The van der Waals surface area contributed by atoms with E-state index >= 15 is 0 Å². The largest absolute Gasteiger partial charge is 0.505 e. The van der Waals surface area contributed by atoms with Crippen molar-refractivity contribution in [2.75, 3.05) is 30.3 Å². The molecule has 0 aliphatic carbocycles. The highest BCUT2D eigenvalue weighted by Crippen LogP contribution is 2.33. The molecule has 0 spiro atoms. The van der Waals surface area contributed by atoms with Crippen LogP contribution < -0.4 is 21.5 Å². The van der Waals surface area contributed by atoms with Gasteiger partial charge in [-0.05, 0) is 37.0 Å². The number of carbonyl (C=O) groups excluding carboxylic acids is 1. The van der Waals surface area contributed by atoms with Crippen molar-refractivity contribution in [3.05, 3.63) is 80.1 Å². The van der Waals surface area contributed by atoms with Gasteiger partial charge in [0, 0.05) is 31.7 Å². The normalized spacial score (nSPS) is 16.5. The molecule has 1 heterocycles. The monoisotopic (exact) mass is 463 g/mol. The second-order valence-electron chi connectivity index (χ2n) is 8.76. The second kappa shape index (κ2) is 10.1. The van der Waals surface area contributed by atoms with Gasteiger partial charge in [-0.3, -0.25) is 14.4 Å². The lowest BCUT2D eigenvalue weighted by atomic mass is 10.0. The van der Waals surface area contributed by atoms with Crippen molar-refractivity contribution < 1.29 is 15.0 Å². The Hall–Kier alpha value is -3.65. The molecule has 4 rings (SSSR count). The Morgan fingerprint density at radius 3 is 2.50 bits per heavy atom. The van der Waals surface area contributed by atoms with Crippen LogP contribution in [0.25, 0.3) is 0 Å². The fourth-order valence-corrected chi connectivity index (χ4v) is 4.34. The van der Waals surface area contributed by atoms with Crippen molar-refractivity contribution in [1.82, 2.24) is 4.90 Å². The highest BCUT2D eigenvalue weighted by Gasteiger charge is 2.29. The Bertz CT molecular complexity index is 1230. The van der Waals surface area contributed by atoms with E-state index < -0.39 is 10.9 Å². The number of nitrogens with zero attached hydrogens (tertiary/aromatic N) is 1. The van der Waals surface area contributed by atoms with Crippen LogP contribution in [-0.2, 0) is 6.42 Å². The zero-order chi connectivity index (χ0) is 24.2. The Morgan fingerprint density at radius 2 is 1.82 bits per heavy atom. The first kappa shape index (κ1) is 23.5. The van der Waals surface area contributed by atoms with E-state index in [0.717, 1.165) is 12.0 Å². The lowest BCUT2D eigenvalue weighted by Gasteiger charge is -2.22. The zero-order valence-electron chi connectivity index (χ0n) is 19.1. The first-order chi connectivity index (χ1) is 16.4. The highest BCUT2D eigenvalue weighted by molar-refractivity contribution is 5.99. The molecule has 1 amide bonds. The summed E-state index contributed by atoms with van der Waals surface area (Å²) in [6, 6.07) is 14.5. The molecular weight excluding hydrogens is 434 g/mol. The third kappa shape index (κ3) is 4.68. The molecule has 8 nitrogen and oxygen atoms in total. The number of anilines is 3. The molecule has 0 radical (unpaired) electrons. The minimum atomic E-state index is -0.668. The van der Waals surface area contributed by atoms with E-state index in [0.29, 0.717) is 25.9 Å². The van der Waals surface area contributed by atoms with Gasteiger partial charge in [-0.25, -0.2) is 0 Å². The van der Waals surface area contributed by atoms with Gasteiger partial charge in [0.1, 0.15) is 11.4 Å². The molecule has 178 valence electrons. The molecule has 4 N–H and O–H groups in total. The molecule has 34 heavy (non-hydrogen) atoms. The third-order valence-corrected chi connectivity index (χ3v) is 6.43. The number of carbonyl (C=O) groups is 1. The molecule has 2 atom stereocenters. The maximum absolute atomic E-state index is 12.9. The van der Waals surface area contributed by atoms with E-state index in [-0.39, 0.29) is 52.8 Å². The molecular formula is C26H29N3O5. The lowest BCUT2D eigenvalue weighted by Crippen LogP contribution is -2.39. The molecule has 0 bridgehead atoms. The molecule has 1 aliphatic heterocycles. The summed E-state index contributed by atoms with van der Waals surface area (Å²) in [6.07, 6.45) is 2.14. The Balaban J connectivity index is 1.52. The Kier molecular flexibility index (Phi) is 6.98. The number of rotatable bonds is 9. The van der Waals surface area contributed by atoms with E-state index in [9.17, 15) is 24.6 Å². The highest BCUT2D eigenvalue weighted by atomic mass is 16.3. The van der Waals surface area contributed by atoms with Crippen molar-refractivity contribution in [2.45, 2.75) is 32.2 Å². The van der Waals surface area contributed by atoms with Gasteiger partial charge in [0.2, 0.25) is 0 Å². The van der Waals surface area contributed by atoms with Crippen molar-refractivity contribution in [3.8, 4) is 5.75 Å². The van der Waals surface area contributed by atoms with Crippen molar-refractivity contribution in [1.29, 1.82) is 0 Å². The van der Waals surface area contributed by atoms with Gasteiger partial charge in [-0.2, -0.15) is 0 Å². The van der Waals surface area contributed by atoms with Crippen LogP contribution in [-0.4, -0.2) is 46.8 Å². The first-order valence-electron chi connectivity index (χ1n) is 11.6. The molecule has 0 unspecified atom stereocenters. The minimum absolute atomic E-state index is 0.0143. The van der Waals surface area contributed by atoms with Gasteiger partial charge in [-0.1, -0.05) is 43.3 Å². The van der Waals surface area contributed by atoms with Crippen LogP contribution in [0.5, 0.6) is 5.75 Å². The van der Waals surface area contributed by atoms with Gasteiger partial charge in [0.25, 0.3) is 16.8 Å². The van der Waals surface area contributed by atoms with Crippen molar-refractivity contribution >= 4 is 23.0 Å². The number of aliphatic hydroxyl groups is 1. The molecule has 8 heteroatoms. The lowest BCUT2D eigenvalue weighted by molar-refractivity contribution is 0.0779. The number of hydrogen-bond donors (Lipinski definition) is 4. The van der Waals surface area contributed by atoms with Crippen LogP contribution in [0.15, 0.2) is 58.1 Å². The standard InChI is InChI=1S/C26H29N3O5/c1-2-18(13-16-7-4-3-5-8-16)27-21-22(25(33)24(21)32)28-20-10-6-9-19(23(20)31)26(34)29-12-11-17(14-29)15-30/h3-10,17-18,27-28,30-31H,2,11-15H2,1H3/t17-,18+/m0/s1. The van der Waals surface area contributed by atoms with E-state index in [2.05, 4.69) is 10.6 Å². The van der Waals surface area contributed by atoms with Crippen molar-refractivity contribution in [2.24, 2.45) is 5.92 Å². The summed E-state index contributed by atoms with van der Waals surface area (Å²) in [4.78, 5) is 39.1. The fourth-order valence-electron chi connectivity index (χ4n) is 4.34. The van der Waals surface area contributed by atoms with Gasteiger partial charge in [0.05, 0.1) is 11.3 Å². The minimum Gasteiger partial charge on any atom is -0.505 e. The van der Waals surface area contributed by atoms with E-state index in [1.165, 1.54) is 6.07 Å². The average molecular weight is 464 g/mol. The number of hydrogen-bond acceptors (Lipinski definition) is 7. The number of phenols is 1. The Labute approximate surface area is 197 Å². The first-order valence-corrected chi connectivity index (χ1v) is 11.6. The molecule has 3 aromatic rings. The number of para-hydroxylation sites is 1. The number of likely N-dealkylation sites (tertiary alicyclic amines) is 1. The van der Waals surface area contributed by atoms with Crippen LogP contribution in [0.3, 0.4) is 0 Å². The molecule has 1 fully saturated rings. The van der Waals surface area contributed by atoms with E-state index in [1.54, 1.807) is 17.0 Å². The van der Waals surface area contributed by atoms with Gasteiger partial charge < -0.3 is 25.7 Å². The summed E-state index contributed by atoms with van der Waals surface area (Å²) in [6.45, 7) is 2.95. The molecule has 1 aliphatic rings. The predicted molar refractivity (Wildman–Crippen MR) is 132 cm³/mol. The van der Waals surface area contributed by atoms with Crippen LogP contribution in [0.2, 0.25) is 0 Å². The number of nitrogens with one attached hydrogen (secondary N) is 2. The van der Waals surface area contributed by atoms with Gasteiger partial charge in [-0.15, -0.1) is 0 Å². The smallest absolute Gasteiger partial charge is 0.257 e. The maximum Gasteiger partial charge on any atom is 0.257 e. The van der Waals surface area contributed by atoms with E-state index in [1.807, 2.05) is 37.3 Å². The quantitative estimate of drug-likeness (QED) is 0.285. The second-order valence-corrected chi connectivity index (χ2v) is 8.76. The SMILES string of the molecule is CC[C@H](Cc1ccccc1)Nc1c(Nc2cccc(C(=O)N3CC[C@H](CO)C3)c2O)c(=O)c1=O. The number of benzene rings is 2. The number of phenolic OH excluding ortho intramolecular Hbond substituents is 1. The van der Waals surface area contributed by atoms with Gasteiger partial charge >= 0.3 is 0 Å². The van der Waals surface area contributed by atoms with Crippen LogP contribution in [0.4, 0.5) is 17.1 Å². The predicted octanol–water partition coefficient (Wildman–Crippen LogP) is 2.62. The molecule has 1 saturated heterocycles. The number of aliphatic hydroxyl groups excluding tert-OH is 1. The van der Waals surface area contributed by atoms with Crippen LogP contribution >= 0.6 is 0 Å². The number of amides is 1. The third-order valence-electron chi connectivity index (χ3n) is 6.43. The van der Waals surface area contributed by atoms with Crippen LogP contribution in [0.1, 0.15) is 35.7 Å². The van der Waals surface area contributed by atoms with Gasteiger partial charge in [0.15, 0.2) is 5.75 Å². The van der Waals surface area contributed by atoms with Crippen LogP contribution in [0, 0.1) is 5.92 Å². The summed E-state index contributed by atoms with van der Waals surface area (Å²) < 4.78 is 0. The topological polar surface area (TPSA) is 119 Å².